The number of aliphatic carboxylic acids is 1. The summed E-state index contributed by atoms with van der Waals surface area (Å²) in [5.74, 6) is 3.70. The van der Waals surface area contributed by atoms with Crippen LogP contribution in [0.15, 0.2) is 53.6 Å². The molecule has 2 rings (SSSR count). The summed E-state index contributed by atoms with van der Waals surface area (Å²) in [4.78, 5) is 11.3. The van der Waals surface area contributed by atoms with Gasteiger partial charge in [-0.1, -0.05) is 36.1 Å². The summed E-state index contributed by atoms with van der Waals surface area (Å²) in [5.41, 5.74) is -3.32. The first kappa shape index (κ1) is 29.8. The zero-order valence-electron chi connectivity index (χ0n) is 19.3. The highest BCUT2D eigenvalue weighted by Gasteiger charge is 2.55. The predicted molar refractivity (Wildman–Crippen MR) is 129 cm³/mol. The topological polar surface area (TPSA) is 55.8 Å². The number of hydrogen-bond acceptors (Lipinski definition) is 3. The second-order valence-electron chi connectivity index (χ2n) is 7.89. The van der Waals surface area contributed by atoms with Gasteiger partial charge in [-0.05, 0) is 65.8 Å². The Morgan fingerprint density at radius 1 is 1.28 bits per heavy atom. The number of carboxylic acids is 1. The molecule has 196 valence electrons. The number of hydrogen-bond donors (Lipinski definition) is 1. The lowest BCUT2D eigenvalue weighted by molar-refractivity contribution is -0.190. The molecule has 0 heterocycles. The summed E-state index contributed by atoms with van der Waals surface area (Å²) < 4.78 is 91.6. The summed E-state index contributed by atoms with van der Waals surface area (Å²) in [6.45, 7) is 3.34. The number of ether oxygens (including phenoxy) is 2. The van der Waals surface area contributed by atoms with Gasteiger partial charge in [0.1, 0.15) is 17.8 Å². The normalized spacial score (nSPS) is 19.2. The molecule has 0 saturated heterocycles. The zero-order chi connectivity index (χ0) is 27.1. The zero-order valence-corrected chi connectivity index (χ0v) is 21.4. The monoisotopic (exact) mass is 628 g/mol. The summed E-state index contributed by atoms with van der Waals surface area (Å²) in [6.07, 6.45) is -8.61. The first-order chi connectivity index (χ1) is 16.7. The fourth-order valence-electron chi connectivity index (χ4n) is 3.23. The minimum atomic E-state index is -5.00. The van der Waals surface area contributed by atoms with Gasteiger partial charge in [0.05, 0.1) is 3.57 Å². The molecule has 0 aliphatic heterocycles. The fraction of sp³-hybridized carbons (Fsp3) is 0.400. The molecule has 1 N–H and O–H groups in total. The summed E-state index contributed by atoms with van der Waals surface area (Å²) in [6, 6.07) is 5.04. The Morgan fingerprint density at radius 2 is 1.97 bits per heavy atom. The molecule has 1 aromatic carbocycles. The number of carboxylic acid groups (broad SMARTS) is 1. The summed E-state index contributed by atoms with van der Waals surface area (Å²) in [7, 11) is 0. The highest BCUT2D eigenvalue weighted by Crippen LogP contribution is 2.48. The highest BCUT2D eigenvalue weighted by molar-refractivity contribution is 14.1. The van der Waals surface area contributed by atoms with E-state index in [2.05, 4.69) is 5.92 Å². The molecule has 0 radical (unpaired) electrons. The van der Waals surface area contributed by atoms with E-state index < -0.39 is 41.8 Å². The van der Waals surface area contributed by atoms with Crippen LogP contribution in [0.4, 0.5) is 26.3 Å². The van der Waals surface area contributed by atoms with Crippen LogP contribution < -0.4 is 4.74 Å². The molecule has 0 fully saturated rings. The number of alkyl halides is 6. The maximum absolute atomic E-state index is 13.7. The standard InChI is InChI=1S/C25H23F6IO4/c1-3-35-21(22(33)34)14-17-6-7-20(19(32)13-17)36-12-9-16(2)8-11-23(25(29,30)31)10-4-5-18(15-23)24(26,27)28/h4-7,9-10,13,21H,3,12,14-15H2,1-2H3,(H,33,34)/b16-9+/t21-,23?/m0/s1. The van der Waals surface area contributed by atoms with Crippen LogP contribution in [0.25, 0.3) is 0 Å². The number of halogens is 7. The van der Waals surface area contributed by atoms with E-state index in [4.69, 9.17) is 9.47 Å². The maximum atomic E-state index is 13.7. The van der Waals surface area contributed by atoms with E-state index in [-0.39, 0.29) is 25.2 Å². The van der Waals surface area contributed by atoms with Crippen molar-refractivity contribution in [2.45, 2.75) is 45.1 Å². The summed E-state index contributed by atoms with van der Waals surface area (Å²) in [5, 5.41) is 9.21. The third-order valence-electron chi connectivity index (χ3n) is 5.19. The molecule has 0 bridgehead atoms. The van der Waals surface area contributed by atoms with E-state index in [0.717, 1.165) is 11.6 Å². The minimum Gasteiger partial charge on any atom is -0.488 e. The van der Waals surface area contributed by atoms with Crippen molar-refractivity contribution in [1.82, 2.24) is 0 Å². The SMILES string of the molecule is CCO[C@@H](Cc1ccc(OC/C=C(\C)C#CC2(C(F)(F)F)C=CC=C(C(F)(F)F)C2)c(I)c1)C(=O)O. The van der Waals surface area contributed by atoms with E-state index in [1.54, 1.807) is 25.1 Å². The van der Waals surface area contributed by atoms with Crippen molar-refractivity contribution < 1.29 is 45.7 Å². The molecule has 1 unspecified atom stereocenters. The quantitative estimate of drug-likeness (QED) is 0.199. The van der Waals surface area contributed by atoms with Crippen LogP contribution in [0.2, 0.25) is 0 Å². The molecule has 0 aromatic heterocycles. The van der Waals surface area contributed by atoms with Gasteiger partial charge < -0.3 is 14.6 Å². The van der Waals surface area contributed by atoms with Gasteiger partial charge in [0.25, 0.3) is 0 Å². The van der Waals surface area contributed by atoms with E-state index in [9.17, 15) is 36.2 Å². The molecule has 2 atom stereocenters. The number of carbonyl (C=O) groups is 1. The predicted octanol–water partition coefficient (Wildman–Crippen LogP) is 6.65. The lowest BCUT2D eigenvalue weighted by Crippen LogP contribution is -2.38. The average molecular weight is 628 g/mol. The Balaban J connectivity index is 2.10. The second-order valence-corrected chi connectivity index (χ2v) is 9.06. The van der Waals surface area contributed by atoms with Crippen molar-refractivity contribution in [3.8, 4) is 17.6 Å². The van der Waals surface area contributed by atoms with Gasteiger partial charge in [-0.25, -0.2) is 4.79 Å². The number of allylic oxidation sites excluding steroid dienone is 5. The van der Waals surface area contributed by atoms with Gasteiger partial charge in [0.2, 0.25) is 0 Å². The van der Waals surface area contributed by atoms with Crippen molar-refractivity contribution in [2.24, 2.45) is 5.41 Å². The van der Waals surface area contributed by atoms with E-state index >= 15 is 0 Å². The van der Waals surface area contributed by atoms with Crippen LogP contribution >= 0.6 is 22.6 Å². The third-order valence-corrected chi connectivity index (χ3v) is 6.03. The van der Waals surface area contributed by atoms with Gasteiger partial charge in [-0.3, -0.25) is 0 Å². The smallest absolute Gasteiger partial charge is 0.412 e. The first-order valence-electron chi connectivity index (χ1n) is 10.7. The Hall–Kier alpha value is -2.46. The highest BCUT2D eigenvalue weighted by atomic mass is 127. The molecule has 11 heteroatoms. The molecule has 1 aromatic rings. The van der Waals surface area contributed by atoms with Crippen LogP contribution in [-0.4, -0.2) is 42.7 Å². The Labute approximate surface area is 218 Å². The number of benzene rings is 1. The fourth-order valence-corrected chi connectivity index (χ4v) is 3.97. The van der Waals surface area contributed by atoms with Crippen LogP contribution in [0.3, 0.4) is 0 Å². The van der Waals surface area contributed by atoms with Crippen molar-refractivity contribution in [3.63, 3.8) is 0 Å². The van der Waals surface area contributed by atoms with Gasteiger partial charge in [-0.2, -0.15) is 26.3 Å². The van der Waals surface area contributed by atoms with Crippen molar-refractivity contribution in [3.05, 3.63) is 62.8 Å². The molecule has 1 aliphatic rings. The average Bonchev–Trinajstić information content (AvgIpc) is 2.77. The number of rotatable bonds is 8. The van der Waals surface area contributed by atoms with E-state index in [0.29, 0.717) is 21.5 Å². The van der Waals surface area contributed by atoms with Gasteiger partial charge in [0, 0.05) is 25.0 Å². The van der Waals surface area contributed by atoms with Gasteiger partial charge in [-0.15, -0.1) is 0 Å². The van der Waals surface area contributed by atoms with Crippen LogP contribution in [-0.2, 0) is 16.0 Å². The van der Waals surface area contributed by atoms with E-state index in [1.165, 1.54) is 13.0 Å². The molecule has 1 aliphatic carbocycles. The second kappa shape index (κ2) is 12.2. The molecule has 36 heavy (non-hydrogen) atoms. The minimum absolute atomic E-state index is 0.0465. The largest absolute Gasteiger partial charge is 0.488 e. The maximum Gasteiger partial charge on any atom is 0.412 e. The first-order valence-corrected chi connectivity index (χ1v) is 11.7. The lowest BCUT2D eigenvalue weighted by Gasteiger charge is -2.31. The van der Waals surface area contributed by atoms with Crippen LogP contribution in [0.5, 0.6) is 5.75 Å². The summed E-state index contributed by atoms with van der Waals surface area (Å²) >= 11 is 2.00. The Morgan fingerprint density at radius 3 is 2.53 bits per heavy atom. The lowest BCUT2D eigenvalue weighted by atomic mass is 9.77. The molecular weight excluding hydrogens is 605 g/mol. The Bertz CT molecular complexity index is 1110. The molecule has 4 nitrogen and oxygen atoms in total. The van der Waals surface area contributed by atoms with Crippen molar-refractivity contribution >= 4 is 28.6 Å². The van der Waals surface area contributed by atoms with Crippen LogP contribution in [0.1, 0.15) is 25.8 Å². The third kappa shape index (κ3) is 8.03. The Kier molecular flexibility index (Phi) is 10.1. The molecule has 0 saturated carbocycles. The van der Waals surface area contributed by atoms with Crippen molar-refractivity contribution in [1.29, 1.82) is 0 Å². The van der Waals surface area contributed by atoms with Crippen molar-refractivity contribution in [2.75, 3.05) is 13.2 Å². The molecule has 0 amide bonds. The van der Waals surface area contributed by atoms with Gasteiger partial charge in [0.15, 0.2) is 6.10 Å². The van der Waals surface area contributed by atoms with Gasteiger partial charge >= 0.3 is 18.3 Å². The molecule has 0 spiro atoms. The van der Waals surface area contributed by atoms with Crippen LogP contribution in [0, 0.1) is 20.8 Å². The van der Waals surface area contributed by atoms with E-state index in [1.807, 2.05) is 28.5 Å². The molecular formula is C25H23F6IO4.